The Morgan fingerprint density at radius 1 is 1.45 bits per heavy atom. The van der Waals surface area contributed by atoms with Gasteiger partial charge in [0.25, 0.3) is 0 Å². The van der Waals surface area contributed by atoms with Crippen LogP contribution in [0.15, 0.2) is 16.5 Å². The number of thiophene rings is 1. The highest BCUT2D eigenvalue weighted by molar-refractivity contribution is 7.15. The minimum atomic E-state index is -0.411. The number of rotatable bonds is 5. The van der Waals surface area contributed by atoms with Crippen molar-refractivity contribution in [1.82, 2.24) is 4.98 Å². The summed E-state index contributed by atoms with van der Waals surface area (Å²) < 4.78 is 10.8. The van der Waals surface area contributed by atoms with Gasteiger partial charge in [-0.1, -0.05) is 13.8 Å². The summed E-state index contributed by atoms with van der Waals surface area (Å²) in [7, 11) is 0. The number of carbonyl (C=O) groups is 1. The van der Waals surface area contributed by atoms with Crippen molar-refractivity contribution >= 4 is 17.3 Å². The monoisotopic (exact) mass is 293 g/mol. The smallest absolute Gasteiger partial charge is 0.360 e. The Kier molecular flexibility index (Phi) is 4.60. The number of aromatic nitrogens is 1. The minimum Gasteiger partial charge on any atom is -0.461 e. The molecule has 5 heteroatoms. The molecule has 4 nitrogen and oxygen atoms in total. The van der Waals surface area contributed by atoms with E-state index < -0.39 is 5.97 Å². The van der Waals surface area contributed by atoms with Gasteiger partial charge in [0.1, 0.15) is 5.76 Å². The highest BCUT2D eigenvalue weighted by atomic mass is 32.1. The average molecular weight is 293 g/mol. The summed E-state index contributed by atoms with van der Waals surface area (Å²) in [5.74, 6) is 1.08. The van der Waals surface area contributed by atoms with Crippen LogP contribution < -0.4 is 0 Å². The van der Waals surface area contributed by atoms with Gasteiger partial charge in [-0.3, -0.25) is 0 Å². The third-order valence-electron chi connectivity index (χ3n) is 2.71. The summed E-state index contributed by atoms with van der Waals surface area (Å²) in [5, 5.41) is 0. The molecule has 2 aromatic rings. The molecule has 0 spiro atoms. The molecule has 0 aliphatic heterocycles. The van der Waals surface area contributed by atoms with Gasteiger partial charge in [0.15, 0.2) is 5.69 Å². The molecule has 2 heterocycles. The maximum atomic E-state index is 12.0. The summed E-state index contributed by atoms with van der Waals surface area (Å²) in [6, 6.07) is 3.97. The molecule has 2 rings (SSSR count). The SMILES string of the molecule is CCOC(=O)c1nc(-c2ccc(C)s2)oc1CC(C)C. The molecule has 0 amide bonds. The van der Waals surface area contributed by atoms with E-state index in [0.717, 1.165) is 4.88 Å². The van der Waals surface area contributed by atoms with E-state index in [2.05, 4.69) is 18.8 Å². The van der Waals surface area contributed by atoms with Crippen LogP contribution in [0, 0.1) is 12.8 Å². The second-order valence-corrected chi connectivity index (χ2v) is 6.31. The largest absolute Gasteiger partial charge is 0.461 e. The van der Waals surface area contributed by atoms with Crippen LogP contribution in [-0.4, -0.2) is 17.6 Å². The van der Waals surface area contributed by atoms with Crippen molar-refractivity contribution in [3.05, 3.63) is 28.5 Å². The topological polar surface area (TPSA) is 52.3 Å². The van der Waals surface area contributed by atoms with Gasteiger partial charge in [0.2, 0.25) is 5.89 Å². The number of hydrogen-bond acceptors (Lipinski definition) is 5. The molecule has 0 aliphatic carbocycles. The Labute approximate surface area is 122 Å². The molecule has 0 saturated carbocycles. The number of ether oxygens (including phenoxy) is 1. The molecule has 2 aromatic heterocycles. The van der Waals surface area contributed by atoms with Crippen molar-refractivity contribution in [2.24, 2.45) is 5.92 Å². The molecule has 0 atom stereocenters. The second kappa shape index (κ2) is 6.22. The molecule has 0 aliphatic rings. The predicted molar refractivity (Wildman–Crippen MR) is 79.1 cm³/mol. The van der Waals surface area contributed by atoms with E-state index in [4.69, 9.17) is 9.15 Å². The third-order valence-corrected chi connectivity index (χ3v) is 3.70. The van der Waals surface area contributed by atoms with Gasteiger partial charge in [-0.15, -0.1) is 11.3 Å². The number of oxazole rings is 1. The van der Waals surface area contributed by atoms with Crippen LogP contribution in [0.5, 0.6) is 0 Å². The molecule has 20 heavy (non-hydrogen) atoms. The summed E-state index contributed by atoms with van der Waals surface area (Å²) in [6.07, 6.45) is 0.672. The van der Waals surface area contributed by atoms with Crippen molar-refractivity contribution in [3.8, 4) is 10.8 Å². The van der Waals surface area contributed by atoms with Crippen LogP contribution in [0.3, 0.4) is 0 Å². The van der Waals surface area contributed by atoms with Crippen LogP contribution in [0.4, 0.5) is 0 Å². The first-order chi connectivity index (χ1) is 9.51. The number of carbonyl (C=O) groups excluding carboxylic acids is 1. The number of aryl methyl sites for hydroxylation is 1. The van der Waals surface area contributed by atoms with Crippen molar-refractivity contribution in [2.45, 2.75) is 34.1 Å². The fourth-order valence-corrected chi connectivity index (χ4v) is 2.67. The maximum absolute atomic E-state index is 12.0. The predicted octanol–water partition coefficient (Wildman–Crippen LogP) is 4.09. The first-order valence-corrected chi connectivity index (χ1v) is 7.56. The fourth-order valence-electron chi connectivity index (χ4n) is 1.87. The average Bonchev–Trinajstić information content (AvgIpc) is 2.95. The first-order valence-electron chi connectivity index (χ1n) is 6.74. The molecule has 0 fully saturated rings. The molecular weight excluding hydrogens is 274 g/mol. The van der Waals surface area contributed by atoms with E-state index in [-0.39, 0.29) is 0 Å². The summed E-state index contributed by atoms with van der Waals surface area (Å²) in [6.45, 7) is 8.29. The van der Waals surface area contributed by atoms with Gasteiger partial charge in [-0.05, 0) is 31.9 Å². The van der Waals surface area contributed by atoms with E-state index >= 15 is 0 Å². The van der Waals surface area contributed by atoms with E-state index in [1.807, 2.05) is 19.1 Å². The van der Waals surface area contributed by atoms with E-state index in [1.54, 1.807) is 18.3 Å². The van der Waals surface area contributed by atoms with Crippen molar-refractivity contribution < 1.29 is 13.9 Å². The Bertz CT molecular complexity index is 598. The van der Waals surface area contributed by atoms with E-state index in [1.165, 1.54) is 4.88 Å². The van der Waals surface area contributed by atoms with Crippen LogP contribution in [0.25, 0.3) is 10.8 Å². The van der Waals surface area contributed by atoms with Gasteiger partial charge in [-0.25, -0.2) is 9.78 Å². The lowest BCUT2D eigenvalue weighted by atomic mass is 10.1. The quantitative estimate of drug-likeness (QED) is 0.779. The molecular formula is C15H19NO3S. The number of nitrogens with zero attached hydrogens (tertiary/aromatic N) is 1. The Hall–Kier alpha value is -1.62. The summed E-state index contributed by atoms with van der Waals surface area (Å²) in [5.41, 5.74) is 0.307. The summed E-state index contributed by atoms with van der Waals surface area (Å²) in [4.78, 5) is 18.4. The third kappa shape index (κ3) is 3.28. The lowest BCUT2D eigenvalue weighted by Gasteiger charge is -2.03. The zero-order valence-corrected chi connectivity index (χ0v) is 13.0. The van der Waals surface area contributed by atoms with Crippen LogP contribution in [0.2, 0.25) is 0 Å². The van der Waals surface area contributed by atoms with Crippen molar-refractivity contribution in [1.29, 1.82) is 0 Å². The minimum absolute atomic E-state index is 0.307. The summed E-state index contributed by atoms with van der Waals surface area (Å²) >= 11 is 1.60. The molecule has 0 aromatic carbocycles. The van der Waals surface area contributed by atoms with Crippen LogP contribution >= 0.6 is 11.3 Å². The van der Waals surface area contributed by atoms with Gasteiger partial charge < -0.3 is 9.15 Å². The fraction of sp³-hybridized carbons (Fsp3) is 0.467. The normalized spacial score (nSPS) is 11.1. The molecule has 0 bridgehead atoms. The highest BCUT2D eigenvalue weighted by Crippen LogP contribution is 2.29. The standard InChI is InChI=1S/C15H19NO3S/c1-5-18-15(17)13-11(8-9(2)3)19-14(16-13)12-7-6-10(4)20-12/h6-7,9H,5,8H2,1-4H3. The molecule has 0 saturated heterocycles. The first kappa shape index (κ1) is 14.8. The van der Waals surface area contributed by atoms with Crippen molar-refractivity contribution in [3.63, 3.8) is 0 Å². The van der Waals surface area contributed by atoms with E-state index in [9.17, 15) is 4.79 Å². The van der Waals surface area contributed by atoms with Gasteiger partial charge >= 0.3 is 5.97 Å². The lowest BCUT2D eigenvalue weighted by molar-refractivity contribution is 0.0517. The molecule has 0 unspecified atom stereocenters. The van der Waals surface area contributed by atoms with Crippen LogP contribution in [-0.2, 0) is 11.2 Å². The van der Waals surface area contributed by atoms with Gasteiger partial charge in [0, 0.05) is 11.3 Å². The molecule has 0 N–H and O–H groups in total. The molecule has 0 radical (unpaired) electrons. The maximum Gasteiger partial charge on any atom is 0.360 e. The van der Waals surface area contributed by atoms with Crippen LogP contribution in [0.1, 0.15) is 41.9 Å². The zero-order valence-electron chi connectivity index (χ0n) is 12.2. The molecule has 108 valence electrons. The lowest BCUT2D eigenvalue weighted by Crippen LogP contribution is -2.09. The van der Waals surface area contributed by atoms with E-state index in [0.29, 0.717) is 36.3 Å². The number of esters is 1. The Morgan fingerprint density at radius 3 is 2.75 bits per heavy atom. The van der Waals surface area contributed by atoms with Crippen molar-refractivity contribution in [2.75, 3.05) is 6.61 Å². The van der Waals surface area contributed by atoms with Gasteiger partial charge in [-0.2, -0.15) is 0 Å². The number of hydrogen-bond donors (Lipinski definition) is 0. The Balaban J connectivity index is 2.38. The Morgan fingerprint density at radius 2 is 2.20 bits per heavy atom. The zero-order chi connectivity index (χ0) is 14.7. The highest BCUT2D eigenvalue weighted by Gasteiger charge is 2.23. The second-order valence-electron chi connectivity index (χ2n) is 5.02. The van der Waals surface area contributed by atoms with Gasteiger partial charge in [0.05, 0.1) is 11.5 Å².